The van der Waals surface area contributed by atoms with E-state index in [9.17, 15) is 0 Å². The zero-order chi connectivity index (χ0) is 10.1. The average Bonchev–Trinajstić information content (AvgIpc) is 2.03. The molecule has 0 saturated heterocycles. The molecule has 0 atom stereocenters. The molecule has 0 aliphatic rings. The van der Waals surface area contributed by atoms with Crippen molar-refractivity contribution in [2.45, 2.75) is 26.2 Å². The van der Waals surface area contributed by atoms with Crippen molar-refractivity contribution in [2.24, 2.45) is 0 Å². The van der Waals surface area contributed by atoms with Gasteiger partial charge in [0.2, 0.25) is 0 Å². The zero-order valence-corrected chi connectivity index (χ0v) is 9.88. The molecule has 1 aromatic rings. The number of benzene rings is 1. The van der Waals surface area contributed by atoms with E-state index in [0.29, 0.717) is 4.20 Å². The van der Waals surface area contributed by atoms with Gasteiger partial charge in [-0.05, 0) is 11.0 Å². The van der Waals surface area contributed by atoms with Gasteiger partial charge in [-0.2, -0.15) is 0 Å². The van der Waals surface area contributed by atoms with Crippen molar-refractivity contribution < 1.29 is 0 Å². The number of thiol groups is 1. The van der Waals surface area contributed by atoms with Crippen LogP contribution in [0.2, 0.25) is 0 Å². The molecule has 0 heterocycles. The van der Waals surface area contributed by atoms with Gasteiger partial charge in [0.1, 0.15) is 0 Å². The summed E-state index contributed by atoms with van der Waals surface area (Å²) >= 11 is 9.30. The van der Waals surface area contributed by atoms with Crippen molar-refractivity contribution in [2.75, 3.05) is 0 Å². The summed E-state index contributed by atoms with van der Waals surface area (Å²) < 4.78 is 0.672. The molecule has 0 aliphatic heterocycles. The summed E-state index contributed by atoms with van der Waals surface area (Å²) in [5.41, 5.74) is 2.46. The lowest BCUT2D eigenvalue weighted by Crippen LogP contribution is -2.14. The largest absolute Gasteiger partial charge is 0.131 e. The zero-order valence-electron chi connectivity index (χ0n) is 8.16. The first kappa shape index (κ1) is 10.7. The third kappa shape index (κ3) is 2.55. The van der Waals surface area contributed by atoms with Crippen LogP contribution in [0.4, 0.5) is 0 Å². The van der Waals surface area contributed by atoms with Gasteiger partial charge in [0.25, 0.3) is 0 Å². The number of thiocarbonyl (C=S) groups is 1. The van der Waals surface area contributed by atoms with E-state index in [1.807, 2.05) is 18.2 Å². The first-order valence-corrected chi connectivity index (χ1v) is 5.11. The molecule has 70 valence electrons. The Morgan fingerprint density at radius 3 is 2.15 bits per heavy atom. The highest BCUT2D eigenvalue weighted by Gasteiger charge is 2.17. The highest BCUT2D eigenvalue weighted by atomic mass is 32.1. The van der Waals surface area contributed by atoms with Crippen molar-refractivity contribution in [1.82, 2.24) is 0 Å². The molecule has 0 fully saturated rings. The van der Waals surface area contributed by atoms with E-state index in [2.05, 4.69) is 39.5 Å². The van der Waals surface area contributed by atoms with E-state index < -0.39 is 0 Å². The van der Waals surface area contributed by atoms with Crippen LogP contribution in [0.25, 0.3) is 0 Å². The maximum absolute atomic E-state index is 5.08. The van der Waals surface area contributed by atoms with Gasteiger partial charge in [0, 0.05) is 5.56 Å². The Kier molecular flexibility index (Phi) is 3.14. The normalized spacial score (nSPS) is 11.4. The summed E-state index contributed by atoms with van der Waals surface area (Å²) in [6, 6.07) is 8.16. The third-order valence-electron chi connectivity index (χ3n) is 1.97. The topological polar surface area (TPSA) is 0 Å². The number of rotatable bonds is 1. The van der Waals surface area contributed by atoms with Crippen LogP contribution >= 0.6 is 24.8 Å². The lowest BCUT2D eigenvalue weighted by atomic mass is 9.84. The second-order valence-corrected chi connectivity index (χ2v) is 5.26. The minimum atomic E-state index is 0.128. The third-order valence-corrected chi connectivity index (χ3v) is 2.43. The molecule has 0 saturated carbocycles. The molecule has 0 aromatic heterocycles. The molecular formula is C11H14S2. The van der Waals surface area contributed by atoms with Crippen LogP contribution in [0, 0.1) is 0 Å². The van der Waals surface area contributed by atoms with Gasteiger partial charge in [0.05, 0.1) is 4.20 Å². The van der Waals surface area contributed by atoms with E-state index >= 15 is 0 Å². The van der Waals surface area contributed by atoms with E-state index in [4.69, 9.17) is 12.2 Å². The fourth-order valence-electron chi connectivity index (χ4n) is 1.32. The molecule has 1 rings (SSSR count). The van der Waals surface area contributed by atoms with Crippen molar-refractivity contribution in [3.63, 3.8) is 0 Å². The summed E-state index contributed by atoms with van der Waals surface area (Å²) in [6.45, 7) is 6.54. The Morgan fingerprint density at radius 1 is 1.23 bits per heavy atom. The first-order valence-electron chi connectivity index (χ1n) is 4.26. The molecule has 2 heteroatoms. The standard InChI is InChI=1S/C11H14S2/c1-11(2,3)9-7-5-4-6-8(9)10(12)13/h4-7H,1-3H3,(H,12,13). The van der Waals surface area contributed by atoms with Crippen LogP contribution in [0.5, 0.6) is 0 Å². The maximum atomic E-state index is 5.08. The maximum Gasteiger partial charge on any atom is 0.0750 e. The lowest BCUT2D eigenvalue weighted by molar-refractivity contribution is 0.589. The van der Waals surface area contributed by atoms with Gasteiger partial charge in [-0.1, -0.05) is 57.3 Å². The lowest BCUT2D eigenvalue weighted by Gasteiger charge is -2.22. The van der Waals surface area contributed by atoms with Crippen molar-refractivity contribution >= 4 is 29.0 Å². The monoisotopic (exact) mass is 210 g/mol. The van der Waals surface area contributed by atoms with E-state index in [1.54, 1.807) is 0 Å². The fraction of sp³-hybridized carbons (Fsp3) is 0.364. The van der Waals surface area contributed by atoms with Gasteiger partial charge in [-0.15, -0.1) is 12.6 Å². The summed E-state index contributed by atoms with van der Waals surface area (Å²) in [5.74, 6) is 0. The van der Waals surface area contributed by atoms with Crippen molar-refractivity contribution in [3.8, 4) is 0 Å². The van der Waals surface area contributed by atoms with E-state index in [0.717, 1.165) is 5.56 Å². The fourth-order valence-corrected chi connectivity index (χ4v) is 1.70. The number of hydrogen-bond acceptors (Lipinski definition) is 1. The van der Waals surface area contributed by atoms with Crippen molar-refractivity contribution in [1.29, 1.82) is 0 Å². The predicted molar refractivity (Wildman–Crippen MR) is 65.8 cm³/mol. The average molecular weight is 210 g/mol. The molecule has 0 radical (unpaired) electrons. The van der Waals surface area contributed by atoms with Gasteiger partial charge >= 0.3 is 0 Å². The molecule has 0 spiro atoms. The molecule has 0 nitrogen and oxygen atoms in total. The van der Waals surface area contributed by atoms with Crippen LogP contribution in [-0.2, 0) is 5.41 Å². The second kappa shape index (κ2) is 3.81. The minimum absolute atomic E-state index is 0.128. The molecule has 0 bridgehead atoms. The minimum Gasteiger partial charge on any atom is -0.131 e. The van der Waals surface area contributed by atoms with E-state index in [-0.39, 0.29) is 5.41 Å². The van der Waals surface area contributed by atoms with Crippen LogP contribution in [-0.4, -0.2) is 4.20 Å². The second-order valence-electron chi connectivity index (χ2n) is 4.10. The molecule has 0 amide bonds. The van der Waals surface area contributed by atoms with Crippen LogP contribution in [0.15, 0.2) is 24.3 Å². The Labute approximate surface area is 90.8 Å². The van der Waals surface area contributed by atoms with Gasteiger partial charge in [-0.3, -0.25) is 0 Å². The molecular weight excluding hydrogens is 196 g/mol. The molecule has 0 unspecified atom stereocenters. The highest BCUT2D eigenvalue weighted by molar-refractivity contribution is 8.11. The molecule has 1 aromatic carbocycles. The summed E-state index contributed by atoms with van der Waals surface area (Å²) in [7, 11) is 0. The first-order chi connectivity index (χ1) is 5.93. The van der Waals surface area contributed by atoms with Crippen LogP contribution < -0.4 is 0 Å². The molecule has 0 N–H and O–H groups in total. The Morgan fingerprint density at radius 2 is 1.77 bits per heavy atom. The molecule has 0 aliphatic carbocycles. The van der Waals surface area contributed by atoms with Crippen molar-refractivity contribution in [3.05, 3.63) is 35.4 Å². The van der Waals surface area contributed by atoms with E-state index in [1.165, 1.54) is 5.56 Å². The van der Waals surface area contributed by atoms with Gasteiger partial charge in [0.15, 0.2) is 0 Å². The quantitative estimate of drug-likeness (QED) is 0.546. The number of hydrogen-bond donors (Lipinski definition) is 1. The van der Waals surface area contributed by atoms with Crippen LogP contribution in [0.3, 0.4) is 0 Å². The highest BCUT2D eigenvalue weighted by Crippen LogP contribution is 2.26. The Bertz CT molecular complexity index is 321. The van der Waals surface area contributed by atoms with Crippen LogP contribution in [0.1, 0.15) is 31.9 Å². The van der Waals surface area contributed by atoms with Gasteiger partial charge in [-0.25, -0.2) is 0 Å². The molecule has 13 heavy (non-hydrogen) atoms. The predicted octanol–water partition coefficient (Wildman–Crippen LogP) is 3.59. The Hall–Kier alpha value is -0.340. The summed E-state index contributed by atoms with van der Waals surface area (Å²) in [6.07, 6.45) is 0. The SMILES string of the molecule is CC(C)(C)c1ccccc1C(=S)S. The Balaban J connectivity index is 3.28. The smallest absolute Gasteiger partial charge is 0.0750 e. The summed E-state index contributed by atoms with van der Waals surface area (Å²) in [5, 5.41) is 0. The summed E-state index contributed by atoms with van der Waals surface area (Å²) in [4.78, 5) is 0. The van der Waals surface area contributed by atoms with Gasteiger partial charge < -0.3 is 0 Å².